The highest BCUT2D eigenvalue weighted by atomic mass is 35.5. The first-order valence-corrected chi connectivity index (χ1v) is 10.8. The van der Waals surface area contributed by atoms with E-state index in [9.17, 15) is 0 Å². The molecule has 6 nitrogen and oxygen atoms in total. The molecular formula is C20H25ClN4O2S. The SMILES string of the molecule is CN=C(NCc1cc(Cl)c2c(c1)OCCO2)NC1CCN(c2cccs2)CC1. The van der Waals surface area contributed by atoms with Crippen molar-refractivity contribution in [2.45, 2.75) is 25.4 Å². The number of rotatable bonds is 4. The van der Waals surface area contributed by atoms with Crippen molar-refractivity contribution < 1.29 is 9.47 Å². The number of halogens is 1. The summed E-state index contributed by atoms with van der Waals surface area (Å²) in [6, 6.07) is 8.61. The van der Waals surface area contributed by atoms with E-state index < -0.39 is 0 Å². The minimum absolute atomic E-state index is 0.422. The van der Waals surface area contributed by atoms with E-state index in [2.05, 4.69) is 38.0 Å². The number of aliphatic imine (C=N–C) groups is 1. The number of hydrogen-bond acceptors (Lipinski definition) is 5. The third-order valence-electron chi connectivity index (χ3n) is 4.99. The summed E-state index contributed by atoms with van der Waals surface area (Å²) in [5, 5.41) is 11.0. The van der Waals surface area contributed by atoms with Crippen LogP contribution in [0.3, 0.4) is 0 Å². The molecule has 0 aliphatic carbocycles. The van der Waals surface area contributed by atoms with Gasteiger partial charge in [0.15, 0.2) is 17.5 Å². The second-order valence-corrected chi connectivity index (χ2v) is 8.22. The number of nitrogens with zero attached hydrogens (tertiary/aromatic N) is 2. The van der Waals surface area contributed by atoms with Crippen LogP contribution in [0, 0.1) is 0 Å². The summed E-state index contributed by atoms with van der Waals surface area (Å²) in [5.41, 5.74) is 1.03. The predicted molar refractivity (Wildman–Crippen MR) is 115 cm³/mol. The van der Waals surface area contributed by atoms with Crippen LogP contribution in [0.5, 0.6) is 11.5 Å². The maximum absolute atomic E-state index is 6.33. The minimum Gasteiger partial charge on any atom is -0.486 e. The highest BCUT2D eigenvalue weighted by Crippen LogP contribution is 2.38. The smallest absolute Gasteiger partial charge is 0.191 e. The van der Waals surface area contributed by atoms with Gasteiger partial charge in [0.05, 0.1) is 10.0 Å². The van der Waals surface area contributed by atoms with E-state index in [0.717, 1.165) is 37.5 Å². The average Bonchev–Trinajstić information content (AvgIpc) is 3.26. The fraction of sp³-hybridized carbons (Fsp3) is 0.450. The molecule has 3 heterocycles. The Balaban J connectivity index is 1.29. The summed E-state index contributed by atoms with van der Waals surface area (Å²) in [6.45, 7) is 3.82. The van der Waals surface area contributed by atoms with Gasteiger partial charge in [-0.05, 0) is 48.1 Å². The number of ether oxygens (including phenoxy) is 2. The molecule has 0 bridgehead atoms. The molecule has 0 spiro atoms. The van der Waals surface area contributed by atoms with Gasteiger partial charge in [0.1, 0.15) is 13.2 Å². The van der Waals surface area contributed by atoms with Crippen molar-refractivity contribution in [1.82, 2.24) is 10.6 Å². The maximum atomic E-state index is 6.33. The quantitative estimate of drug-likeness (QED) is 0.585. The molecule has 2 aromatic rings. The van der Waals surface area contributed by atoms with Crippen LogP contribution in [0.2, 0.25) is 5.02 Å². The molecule has 1 aromatic carbocycles. The van der Waals surface area contributed by atoms with Gasteiger partial charge in [0.25, 0.3) is 0 Å². The lowest BCUT2D eigenvalue weighted by atomic mass is 10.1. The van der Waals surface area contributed by atoms with Gasteiger partial charge in [0, 0.05) is 32.7 Å². The number of guanidine groups is 1. The number of piperidine rings is 1. The van der Waals surface area contributed by atoms with Gasteiger partial charge in [-0.15, -0.1) is 11.3 Å². The molecule has 0 unspecified atom stereocenters. The predicted octanol–water partition coefficient (Wildman–Crippen LogP) is 3.51. The monoisotopic (exact) mass is 420 g/mol. The highest BCUT2D eigenvalue weighted by molar-refractivity contribution is 7.14. The summed E-state index contributed by atoms with van der Waals surface area (Å²) < 4.78 is 11.2. The van der Waals surface area contributed by atoms with Gasteiger partial charge >= 0.3 is 0 Å². The first-order valence-electron chi connectivity index (χ1n) is 9.56. The molecule has 1 fully saturated rings. The minimum atomic E-state index is 0.422. The Kier molecular flexibility index (Phi) is 6.12. The zero-order chi connectivity index (χ0) is 19.3. The Morgan fingerprint density at radius 2 is 2.11 bits per heavy atom. The first-order chi connectivity index (χ1) is 13.7. The van der Waals surface area contributed by atoms with E-state index in [0.29, 0.717) is 42.3 Å². The molecule has 0 atom stereocenters. The summed E-state index contributed by atoms with van der Waals surface area (Å²) in [4.78, 5) is 6.82. The largest absolute Gasteiger partial charge is 0.486 e. The van der Waals surface area contributed by atoms with Gasteiger partial charge in [-0.1, -0.05) is 11.6 Å². The number of anilines is 1. The van der Waals surface area contributed by atoms with Crippen LogP contribution in [0.1, 0.15) is 18.4 Å². The molecule has 4 rings (SSSR count). The van der Waals surface area contributed by atoms with Crippen LogP contribution in [0.25, 0.3) is 0 Å². The molecule has 0 amide bonds. The first kappa shape index (κ1) is 19.2. The van der Waals surface area contributed by atoms with Gasteiger partial charge in [-0.3, -0.25) is 4.99 Å². The Morgan fingerprint density at radius 3 is 2.86 bits per heavy atom. The van der Waals surface area contributed by atoms with E-state index >= 15 is 0 Å². The molecule has 2 aliphatic rings. The normalized spacial score (nSPS) is 17.5. The zero-order valence-corrected chi connectivity index (χ0v) is 17.5. The summed E-state index contributed by atoms with van der Waals surface area (Å²) in [6.07, 6.45) is 2.18. The summed E-state index contributed by atoms with van der Waals surface area (Å²) in [5.74, 6) is 2.15. The van der Waals surface area contributed by atoms with Crippen LogP contribution in [-0.2, 0) is 6.54 Å². The molecule has 0 radical (unpaired) electrons. The van der Waals surface area contributed by atoms with Crippen molar-refractivity contribution in [3.63, 3.8) is 0 Å². The second-order valence-electron chi connectivity index (χ2n) is 6.88. The third-order valence-corrected chi connectivity index (χ3v) is 6.20. The van der Waals surface area contributed by atoms with Crippen molar-refractivity contribution in [3.05, 3.63) is 40.2 Å². The number of hydrogen-bond donors (Lipinski definition) is 2. The van der Waals surface area contributed by atoms with Crippen LogP contribution in [0.4, 0.5) is 5.00 Å². The molecule has 2 aliphatic heterocycles. The number of fused-ring (bicyclic) bond motifs is 1. The second kappa shape index (κ2) is 8.92. The molecule has 150 valence electrons. The van der Waals surface area contributed by atoms with Crippen molar-refractivity contribution in [2.75, 3.05) is 38.3 Å². The number of thiophene rings is 1. The van der Waals surface area contributed by atoms with E-state index in [1.165, 1.54) is 5.00 Å². The van der Waals surface area contributed by atoms with E-state index in [-0.39, 0.29) is 0 Å². The van der Waals surface area contributed by atoms with Crippen molar-refractivity contribution in [3.8, 4) is 11.5 Å². The molecule has 2 N–H and O–H groups in total. The molecule has 1 aromatic heterocycles. The Bertz CT molecular complexity index is 820. The van der Waals surface area contributed by atoms with Crippen LogP contribution < -0.4 is 25.0 Å². The lowest BCUT2D eigenvalue weighted by Gasteiger charge is -2.33. The van der Waals surface area contributed by atoms with Gasteiger partial charge in [-0.25, -0.2) is 0 Å². The molecule has 8 heteroatoms. The number of nitrogens with one attached hydrogen (secondary N) is 2. The Morgan fingerprint density at radius 1 is 1.29 bits per heavy atom. The Labute approximate surface area is 174 Å². The maximum Gasteiger partial charge on any atom is 0.191 e. The average molecular weight is 421 g/mol. The van der Waals surface area contributed by atoms with Crippen molar-refractivity contribution in [1.29, 1.82) is 0 Å². The molecule has 0 saturated carbocycles. The summed E-state index contributed by atoms with van der Waals surface area (Å²) in [7, 11) is 1.80. The van der Waals surface area contributed by atoms with Crippen LogP contribution in [-0.4, -0.2) is 45.4 Å². The van der Waals surface area contributed by atoms with Gasteiger partial charge in [0.2, 0.25) is 0 Å². The van der Waals surface area contributed by atoms with E-state index in [4.69, 9.17) is 21.1 Å². The standard InChI is InChI=1S/C20H25ClN4O2S/c1-22-20(24-15-4-6-25(7-5-15)18-3-2-10-28-18)23-13-14-11-16(21)19-17(12-14)26-8-9-27-19/h2-3,10-12,15H,4-9,13H2,1H3,(H2,22,23,24). The molecule has 28 heavy (non-hydrogen) atoms. The van der Waals surface area contributed by atoms with Crippen molar-refractivity contribution >= 4 is 33.9 Å². The van der Waals surface area contributed by atoms with Crippen LogP contribution in [0.15, 0.2) is 34.6 Å². The lowest BCUT2D eigenvalue weighted by molar-refractivity contribution is 0.171. The Hall–Kier alpha value is -2.12. The fourth-order valence-corrected chi connectivity index (χ4v) is 4.61. The summed E-state index contributed by atoms with van der Waals surface area (Å²) >= 11 is 8.13. The van der Waals surface area contributed by atoms with Crippen LogP contribution >= 0.6 is 22.9 Å². The molecule has 1 saturated heterocycles. The lowest BCUT2D eigenvalue weighted by Crippen LogP contribution is -2.48. The number of benzene rings is 1. The highest BCUT2D eigenvalue weighted by Gasteiger charge is 2.21. The van der Waals surface area contributed by atoms with Gasteiger partial charge < -0.3 is 25.0 Å². The van der Waals surface area contributed by atoms with E-state index in [1.54, 1.807) is 18.4 Å². The topological polar surface area (TPSA) is 58.1 Å². The van der Waals surface area contributed by atoms with Gasteiger partial charge in [-0.2, -0.15) is 0 Å². The zero-order valence-electron chi connectivity index (χ0n) is 15.9. The fourth-order valence-electron chi connectivity index (χ4n) is 3.53. The van der Waals surface area contributed by atoms with Crippen molar-refractivity contribution in [2.24, 2.45) is 4.99 Å². The molecular weight excluding hydrogens is 396 g/mol. The third kappa shape index (κ3) is 4.47. The van der Waals surface area contributed by atoms with E-state index in [1.807, 2.05) is 12.1 Å².